The van der Waals surface area contributed by atoms with Gasteiger partial charge in [-0.1, -0.05) is 6.92 Å². The first-order valence-corrected chi connectivity index (χ1v) is 2.72. The number of hydrogen-bond donors (Lipinski definition) is 1. The molecule has 0 aromatic carbocycles. The summed E-state index contributed by atoms with van der Waals surface area (Å²) in [7, 11) is 0. The molecule has 0 aliphatic rings. The van der Waals surface area contributed by atoms with Crippen LogP contribution in [0.2, 0.25) is 0 Å². The van der Waals surface area contributed by atoms with Gasteiger partial charge in [-0.05, 0) is 6.54 Å². The average Bonchev–Trinajstić information content (AvgIpc) is 1.85. The molecule has 0 atom stereocenters. The molecule has 0 heterocycles. The van der Waals surface area contributed by atoms with E-state index in [9.17, 15) is 4.79 Å². The highest BCUT2D eigenvalue weighted by Gasteiger charge is 1.97. The van der Waals surface area contributed by atoms with Gasteiger partial charge in [0.25, 0.3) is 0 Å². The average molecular weight is 127 g/mol. The third kappa shape index (κ3) is 4.87. The molecule has 0 saturated heterocycles. The van der Waals surface area contributed by atoms with Crippen LogP contribution in [0.25, 0.3) is 5.53 Å². The van der Waals surface area contributed by atoms with Crippen LogP contribution >= 0.6 is 0 Å². The highest BCUT2D eigenvalue weighted by molar-refractivity contribution is 6.26. The minimum absolute atomic E-state index is 0.223. The Kier molecular flexibility index (Phi) is 4.59. The summed E-state index contributed by atoms with van der Waals surface area (Å²) in [5, 5.41) is 2.78. The second kappa shape index (κ2) is 5.15. The van der Waals surface area contributed by atoms with Crippen molar-refractivity contribution in [3.05, 3.63) is 5.53 Å². The van der Waals surface area contributed by atoms with E-state index in [1.165, 1.54) is 0 Å². The first kappa shape index (κ1) is 8.01. The highest BCUT2D eigenvalue weighted by Crippen LogP contribution is 1.59. The van der Waals surface area contributed by atoms with Crippen molar-refractivity contribution in [1.29, 1.82) is 0 Å². The van der Waals surface area contributed by atoms with Gasteiger partial charge in [-0.3, -0.25) is 4.79 Å². The fraction of sp³-hybridized carbons (Fsp3) is 0.600. The molecule has 0 rings (SSSR count). The molecule has 0 spiro atoms. The zero-order chi connectivity index (χ0) is 7.11. The van der Waals surface area contributed by atoms with E-state index in [-0.39, 0.29) is 12.3 Å². The van der Waals surface area contributed by atoms with Crippen LogP contribution < -0.4 is 5.32 Å². The molecule has 0 saturated carbocycles. The van der Waals surface area contributed by atoms with E-state index in [1.807, 2.05) is 6.92 Å². The van der Waals surface area contributed by atoms with E-state index < -0.39 is 0 Å². The molecule has 0 aliphatic carbocycles. The number of hydrogen-bond acceptors (Lipinski definition) is 2. The summed E-state index contributed by atoms with van der Waals surface area (Å²) in [6.45, 7) is 2.87. The minimum Gasteiger partial charge on any atom is -0.361 e. The summed E-state index contributed by atoms with van der Waals surface area (Å²) in [6.07, 6.45) is 0.878. The van der Waals surface area contributed by atoms with Gasteiger partial charge < -0.3 is 10.8 Å². The van der Waals surface area contributed by atoms with Gasteiger partial charge in [0.2, 0.25) is 5.78 Å². The number of rotatable bonds is 4. The lowest BCUT2D eigenvalue weighted by Crippen LogP contribution is -2.23. The highest BCUT2D eigenvalue weighted by atomic mass is 16.1. The van der Waals surface area contributed by atoms with Crippen LogP contribution in [0.1, 0.15) is 6.92 Å². The van der Waals surface area contributed by atoms with Crippen LogP contribution in [-0.4, -0.2) is 29.9 Å². The predicted octanol–water partition coefficient (Wildman–Crippen LogP) is -0.534. The lowest BCUT2D eigenvalue weighted by atomic mass is 10.4. The zero-order valence-electron chi connectivity index (χ0n) is 5.29. The van der Waals surface area contributed by atoms with Gasteiger partial charge in [0.1, 0.15) is 0 Å². The summed E-state index contributed by atoms with van der Waals surface area (Å²) >= 11 is 0. The summed E-state index contributed by atoms with van der Waals surface area (Å²) in [6, 6.07) is 0. The van der Waals surface area contributed by atoms with E-state index in [4.69, 9.17) is 5.53 Å². The van der Waals surface area contributed by atoms with Crippen LogP contribution in [0.3, 0.4) is 0 Å². The monoisotopic (exact) mass is 127 g/mol. The normalized spacial score (nSPS) is 8.11. The standard InChI is InChI=1S/C5H9N3O/c1-2-7-3-5(9)4-8-6/h4,7H,2-3H2,1H3. The molecule has 0 unspecified atom stereocenters. The lowest BCUT2D eigenvalue weighted by Gasteiger charge is -1.89. The van der Waals surface area contributed by atoms with Crippen LogP contribution in [0.4, 0.5) is 0 Å². The molecule has 0 aliphatic heterocycles. The van der Waals surface area contributed by atoms with Gasteiger partial charge in [0, 0.05) is 0 Å². The van der Waals surface area contributed by atoms with Crippen molar-refractivity contribution < 1.29 is 9.58 Å². The third-order valence-corrected chi connectivity index (χ3v) is 0.751. The van der Waals surface area contributed by atoms with Gasteiger partial charge in [-0.25, -0.2) is 0 Å². The smallest absolute Gasteiger partial charge is 0.324 e. The second-order valence-corrected chi connectivity index (χ2v) is 1.49. The summed E-state index contributed by atoms with van der Waals surface area (Å²) < 4.78 is 0. The largest absolute Gasteiger partial charge is 0.361 e. The summed E-state index contributed by atoms with van der Waals surface area (Å²) in [5.41, 5.74) is 7.86. The summed E-state index contributed by atoms with van der Waals surface area (Å²) in [4.78, 5) is 13.0. The fourth-order valence-corrected chi connectivity index (χ4v) is 0.358. The van der Waals surface area contributed by atoms with Gasteiger partial charge >= 0.3 is 6.21 Å². The number of Topliss-reactive ketones (excluding diaryl/α,β-unsaturated/α-hetero) is 1. The number of carbonyl (C=O) groups excluding carboxylic acids is 1. The Morgan fingerprint density at radius 3 is 3.00 bits per heavy atom. The molecule has 9 heavy (non-hydrogen) atoms. The third-order valence-electron chi connectivity index (χ3n) is 0.751. The Bertz CT molecular complexity index is 137. The van der Waals surface area contributed by atoms with Gasteiger partial charge in [-0.2, -0.15) is 4.79 Å². The lowest BCUT2D eigenvalue weighted by molar-refractivity contribution is -0.115. The van der Waals surface area contributed by atoms with Crippen molar-refractivity contribution in [1.82, 2.24) is 5.32 Å². The van der Waals surface area contributed by atoms with Crippen LogP contribution in [0.15, 0.2) is 0 Å². The molecule has 0 fully saturated rings. The molecular formula is C5H9N3O. The SMILES string of the molecule is CCNCC(=O)C=[N+]=[N-]. The number of nitrogens with zero attached hydrogens (tertiary/aromatic N) is 2. The molecule has 50 valence electrons. The Labute approximate surface area is 53.5 Å². The minimum atomic E-state index is -0.223. The van der Waals surface area contributed by atoms with E-state index in [0.717, 1.165) is 12.8 Å². The molecule has 1 N–H and O–H groups in total. The maximum atomic E-state index is 10.4. The van der Waals surface area contributed by atoms with Crippen LogP contribution in [-0.2, 0) is 4.79 Å². The summed E-state index contributed by atoms with van der Waals surface area (Å²) in [5.74, 6) is -0.223. The number of nitrogens with one attached hydrogen (secondary N) is 1. The second-order valence-electron chi connectivity index (χ2n) is 1.49. The van der Waals surface area contributed by atoms with Gasteiger partial charge in [0.05, 0.1) is 6.54 Å². The van der Waals surface area contributed by atoms with E-state index in [1.54, 1.807) is 0 Å². The Hall–Kier alpha value is -0.990. The molecule has 0 aromatic heterocycles. The van der Waals surface area contributed by atoms with E-state index in [2.05, 4.69) is 10.1 Å². The molecule has 4 nitrogen and oxygen atoms in total. The topological polar surface area (TPSA) is 65.5 Å². The van der Waals surface area contributed by atoms with Gasteiger partial charge in [0.15, 0.2) is 0 Å². The van der Waals surface area contributed by atoms with Crippen molar-refractivity contribution >= 4 is 12.0 Å². The van der Waals surface area contributed by atoms with Crippen molar-refractivity contribution in [3.8, 4) is 0 Å². The molecule has 4 heteroatoms. The first-order valence-electron chi connectivity index (χ1n) is 2.72. The predicted molar refractivity (Wildman–Crippen MR) is 33.2 cm³/mol. The molecule has 0 radical (unpaired) electrons. The fourth-order valence-electron chi connectivity index (χ4n) is 0.358. The Morgan fingerprint density at radius 1 is 1.89 bits per heavy atom. The number of ketones is 1. The number of likely N-dealkylation sites (N-methyl/N-ethyl adjacent to an activating group) is 1. The zero-order valence-corrected chi connectivity index (χ0v) is 5.29. The number of carbonyl (C=O) groups is 1. The molecule has 0 amide bonds. The first-order chi connectivity index (χ1) is 4.31. The molecule has 0 aromatic rings. The van der Waals surface area contributed by atoms with Crippen molar-refractivity contribution in [2.45, 2.75) is 6.92 Å². The van der Waals surface area contributed by atoms with Crippen molar-refractivity contribution in [2.75, 3.05) is 13.1 Å². The molecular weight excluding hydrogens is 118 g/mol. The maximum Gasteiger partial charge on any atom is 0.324 e. The van der Waals surface area contributed by atoms with Gasteiger partial charge in [-0.15, -0.1) is 0 Å². The Morgan fingerprint density at radius 2 is 2.56 bits per heavy atom. The van der Waals surface area contributed by atoms with E-state index >= 15 is 0 Å². The van der Waals surface area contributed by atoms with Crippen LogP contribution in [0, 0.1) is 0 Å². The maximum absolute atomic E-state index is 10.4. The van der Waals surface area contributed by atoms with Crippen molar-refractivity contribution in [2.24, 2.45) is 0 Å². The Balaban J connectivity index is 3.39. The van der Waals surface area contributed by atoms with E-state index in [0.29, 0.717) is 0 Å². The van der Waals surface area contributed by atoms with Crippen LogP contribution in [0.5, 0.6) is 0 Å². The molecule has 0 bridgehead atoms. The van der Waals surface area contributed by atoms with Crippen molar-refractivity contribution in [3.63, 3.8) is 0 Å². The quantitative estimate of drug-likeness (QED) is 0.313.